The highest BCUT2D eigenvalue weighted by Gasteiger charge is 2.51. The molecular weight excluding hydrogens is 456 g/mol. The fourth-order valence-electron chi connectivity index (χ4n) is 6.88. The van der Waals surface area contributed by atoms with Crippen LogP contribution >= 0.6 is 23.1 Å². The van der Waals surface area contributed by atoms with Crippen LogP contribution in [0.25, 0.3) is 0 Å². The van der Waals surface area contributed by atoms with Gasteiger partial charge in [-0.05, 0) is 81.6 Å². The molecule has 0 radical (unpaired) electrons. The Balaban J connectivity index is 1.23. The van der Waals surface area contributed by atoms with Crippen molar-refractivity contribution < 1.29 is 14.3 Å². The van der Waals surface area contributed by atoms with Crippen molar-refractivity contribution in [3.63, 3.8) is 0 Å². The molecule has 7 nitrogen and oxygen atoms in total. The monoisotopic (exact) mass is 488 g/mol. The average Bonchev–Trinajstić information content (AvgIpc) is 3.32. The second-order valence-corrected chi connectivity index (χ2v) is 12.4. The first-order valence-corrected chi connectivity index (χ1v) is 13.7. The predicted octanol–water partition coefficient (Wildman–Crippen LogP) is 4.94. The van der Waals surface area contributed by atoms with Crippen LogP contribution in [0.2, 0.25) is 0 Å². The van der Waals surface area contributed by atoms with Crippen LogP contribution in [-0.4, -0.2) is 39.5 Å². The van der Waals surface area contributed by atoms with Crippen molar-refractivity contribution in [1.82, 2.24) is 14.8 Å². The molecule has 178 valence electrons. The number of anilines is 1. The first-order chi connectivity index (χ1) is 15.9. The standard InChI is InChI=1S/C24H32N4O3S2/c1-4-28-19(12-24-9-15-6-16(10-24)8-17(7-15)11-24)26-27-23(28)32-13-20(29)25-21-18(22(30)31-3)5-14(2)33-21/h5,15-17H,4,6-13H2,1-3H3,(H,25,29). The van der Waals surface area contributed by atoms with Crippen molar-refractivity contribution >= 4 is 40.0 Å². The van der Waals surface area contributed by atoms with Crippen LogP contribution < -0.4 is 5.32 Å². The number of amides is 1. The Labute approximate surface area is 203 Å². The van der Waals surface area contributed by atoms with Crippen molar-refractivity contribution in [2.45, 2.75) is 70.5 Å². The van der Waals surface area contributed by atoms with Gasteiger partial charge in [0.1, 0.15) is 10.8 Å². The number of rotatable bonds is 8. The van der Waals surface area contributed by atoms with Crippen LogP contribution in [0.4, 0.5) is 5.00 Å². The molecule has 2 aromatic heterocycles. The molecular formula is C24H32N4O3S2. The van der Waals surface area contributed by atoms with Gasteiger partial charge in [-0.3, -0.25) is 4.79 Å². The molecule has 2 aromatic rings. The summed E-state index contributed by atoms with van der Waals surface area (Å²) in [5, 5.41) is 13.2. The number of esters is 1. The van der Waals surface area contributed by atoms with E-state index in [0.29, 0.717) is 16.0 Å². The third-order valence-electron chi connectivity index (χ3n) is 7.65. The van der Waals surface area contributed by atoms with E-state index in [9.17, 15) is 9.59 Å². The van der Waals surface area contributed by atoms with E-state index in [1.807, 2.05) is 6.92 Å². The van der Waals surface area contributed by atoms with E-state index in [1.165, 1.54) is 68.7 Å². The molecule has 9 heteroatoms. The van der Waals surface area contributed by atoms with Gasteiger partial charge in [0.2, 0.25) is 5.91 Å². The zero-order valence-corrected chi connectivity index (χ0v) is 21.2. The number of nitrogens with zero attached hydrogens (tertiary/aromatic N) is 3. The smallest absolute Gasteiger partial charge is 0.340 e. The number of nitrogens with one attached hydrogen (secondary N) is 1. The molecule has 1 amide bonds. The molecule has 0 spiro atoms. The molecule has 6 rings (SSSR count). The summed E-state index contributed by atoms with van der Waals surface area (Å²) in [5.41, 5.74) is 0.808. The maximum Gasteiger partial charge on any atom is 0.340 e. The summed E-state index contributed by atoms with van der Waals surface area (Å²) in [7, 11) is 1.34. The highest BCUT2D eigenvalue weighted by atomic mass is 32.2. The van der Waals surface area contributed by atoms with E-state index < -0.39 is 5.97 Å². The zero-order chi connectivity index (χ0) is 23.2. The van der Waals surface area contributed by atoms with Crippen molar-refractivity contribution in [3.8, 4) is 0 Å². The molecule has 0 aliphatic heterocycles. The first-order valence-electron chi connectivity index (χ1n) is 11.9. The molecule has 1 N–H and O–H groups in total. The van der Waals surface area contributed by atoms with Gasteiger partial charge in [0.15, 0.2) is 5.16 Å². The SMILES string of the molecule is CCn1c(CC23CC4CC(CC(C4)C2)C3)nnc1SCC(=O)Nc1sc(C)cc1C(=O)OC. The third-order valence-corrected chi connectivity index (χ3v) is 9.59. The summed E-state index contributed by atoms with van der Waals surface area (Å²) >= 11 is 2.78. The largest absolute Gasteiger partial charge is 0.465 e. The summed E-state index contributed by atoms with van der Waals surface area (Å²) in [4.78, 5) is 25.5. The Hall–Kier alpha value is -1.87. The molecule has 0 aromatic carbocycles. The number of carbonyl (C=O) groups is 2. The van der Waals surface area contributed by atoms with Crippen LogP contribution in [0.5, 0.6) is 0 Å². The number of thioether (sulfide) groups is 1. The lowest BCUT2D eigenvalue weighted by Crippen LogP contribution is -2.47. The summed E-state index contributed by atoms with van der Waals surface area (Å²) in [5.74, 6) is 3.44. The lowest BCUT2D eigenvalue weighted by Gasteiger charge is -2.56. The lowest BCUT2D eigenvalue weighted by molar-refractivity contribution is -0.113. The van der Waals surface area contributed by atoms with Crippen molar-refractivity contribution in [2.24, 2.45) is 23.2 Å². The Kier molecular flexibility index (Phi) is 6.29. The average molecular weight is 489 g/mol. The van der Waals surface area contributed by atoms with Gasteiger partial charge in [0.25, 0.3) is 0 Å². The summed E-state index contributed by atoms with van der Waals surface area (Å²) in [6.07, 6.45) is 9.39. The Morgan fingerprint density at radius 2 is 1.88 bits per heavy atom. The van der Waals surface area contributed by atoms with Crippen molar-refractivity contribution in [2.75, 3.05) is 18.2 Å². The molecule has 4 aliphatic carbocycles. The van der Waals surface area contributed by atoms with Crippen LogP contribution in [0.1, 0.15) is 66.5 Å². The number of hydrogen-bond donors (Lipinski definition) is 1. The highest BCUT2D eigenvalue weighted by Crippen LogP contribution is 2.61. The minimum Gasteiger partial charge on any atom is -0.465 e. The van der Waals surface area contributed by atoms with Gasteiger partial charge >= 0.3 is 5.97 Å². The van der Waals surface area contributed by atoms with Crippen LogP contribution in [0, 0.1) is 30.1 Å². The predicted molar refractivity (Wildman–Crippen MR) is 130 cm³/mol. The molecule has 33 heavy (non-hydrogen) atoms. The number of ether oxygens (including phenoxy) is 1. The quantitative estimate of drug-likeness (QED) is 0.418. The topological polar surface area (TPSA) is 86.1 Å². The Morgan fingerprint density at radius 1 is 1.21 bits per heavy atom. The number of aryl methyl sites for hydroxylation is 1. The molecule has 0 unspecified atom stereocenters. The third kappa shape index (κ3) is 4.58. The van der Waals surface area contributed by atoms with Gasteiger partial charge in [-0.15, -0.1) is 21.5 Å². The maximum absolute atomic E-state index is 12.6. The molecule has 0 saturated heterocycles. The second-order valence-electron chi connectivity index (χ2n) is 10.2. The number of hydrogen-bond acceptors (Lipinski definition) is 7. The van der Waals surface area contributed by atoms with Gasteiger partial charge in [-0.2, -0.15) is 0 Å². The number of thiophene rings is 1. The minimum atomic E-state index is -0.442. The van der Waals surface area contributed by atoms with Gasteiger partial charge in [-0.25, -0.2) is 4.79 Å². The van der Waals surface area contributed by atoms with Gasteiger partial charge < -0.3 is 14.6 Å². The van der Waals surface area contributed by atoms with Crippen LogP contribution in [-0.2, 0) is 22.5 Å². The highest BCUT2D eigenvalue weighted by molar-refractivity contribution is 7.99. The van der Waals surface area contributed by atoms with Gasteiger partial charge in [0, 0.05) is 17.8 Å². The normalized spacial score (nSPS) is 27.7. The van der Waals surface area contributed by atoms with E-state index in [-0.39, 0.29) is 11.7 Å². The molecule has 4 saturated carbocycles. The van der Waals surface area contributed by atoms with E-state index in [1.54, 1.807) is 6.07 Å². The second kappa shape index (κ2) is 9.06. The summed E-state index contributed by atoms with van der Waals surface area (Å²) in [6, 6.07) is 1.74. The number of aromatic nitrogens is 3. The van der Waals surface area contributed by atoms with Gasteiger partial charge in [0.05, 0.1) is 18.4 Å². The van der Waals surface area contributed by atoms with Crippen LogP contribution in [0.3, 0.4) is 0 Å². The Bertz CT molecular complexity index is 1030. The fraction of sp³-hybridized carbons (Fsp3) is 0.667. The first kappa shape index (κ1) is 22.9. The van der Waals surface area contributed by atoms with E-state index in [4.69, 9.17) is 4.74 Å². The molecule has 4 aliphatic rings. The molecule has 4 bridgehead atoms. The van der Waals surface area contributed by atoms with Crippen molar-refractivity contribution in [3.05, 3.63) is 22.3 Å². The zero-order valence-electron chi connectivity index (χ0n) is 19.6. The molecule has 4 fully saturated rings. The number of carbonyl (C=O) groups excluding carboxylic acids is 2. The number of methoxy groups -OCH3 is 1. The maximum atomic E-state index is 12.6. The fourth-order valence-corrected chi connectivity index (χ4v) is 8.61. The van der Waals surface area contributed by atoms with Gasteiger partial charge in [-0.1, -0.05) is 11.8 Å². The summed E-state index contributed by atoms with van der Waals surface area (Å²) < 4.78 is 7.01. The summed E-state index contributed by atoms with van der Waals surface area (Å²) in [6.45, 7) is 4.82. The Morgan fingerprint density at radius 3 is 2.48 bits per heavy atom. The van der Waals surface area contributed by atoms with E-state index in [0.717, 1.165) is 46.6 Å². The molecule has 2 heterocycles. The van der Waals surface area contributed by atoms with E-state index in [2.05, 4.69) is 27.0 Å². The van der Waals surface area contributed by atoms with Crippen molar-refractivity contribution in [1.29, 1.82) is 0 Å². The lowest BCUT2D eigenvalue weighted by atomic mass is 9.49. The van der Waals surface area contributed by atoms with E-state index >= 15 is 0 Å². The minimum absolute atomic E-state index is 0.166. The molecule has 0 atom stereocenters. The van der Waals surface area contributed by atoms with Crippen LogP contribution in [0.15, 0.2) is 11.2 Å².